The Morgan fingerprint density at radius 3 is 2.29 bits per heavy atom. The second-order valence-corrected chi connectivity index (χ2v) is 4.97. The SMILES string of the molecule is O=C(CCl)C1(c2ccc(F)cc2)CCCCC1. The standard InChI is InChI=1S/C14H16ClFO/c15-10-13(17)14(8-2-1-3-9-14)11-4-6-12(16)7-5-11/h4-7H,1-3,8-10H2. The summed E-state index contributed by atoms with van der Waals surface area (Å²) in [4.78, 5) is 12.1. The zero-order chi connectivity index (χ0) is 12.3. The first-order valence-corrected chi connectivity index (χ1v) is 6.58. The predicted molar refractivity (Wildman–Crippen MR) is 66.9 cm³/mol. The van der Waals surface area contributed by atoms with Crippen LogP contribution in [0.4, 0.5) is 4.39 Å². The molecule has 0 spiro atoms. The molecule has 1 aromatic carbocycles. The van der Waals surface area contributed by atoms with E-state index in [1.54, 1.807) is 12.1 Å². The molecule has 1 aliphatic carbocycles. The summed E-state index contributed by atoms with van der Waals surface area (Å²) in [5.41, 5.74) is 0.456. The third kappa shape index (κ3) is 2.37. The molecule has 0 saturated heterocycles. The number of rotatable bonds is 3. The molecule has 0 bridgehead atoms. The van der Waals surface area contributed by atoms with Crippen molar-refractivity contribution in [1.82, 2.24) is 0 Å². The highest BCUT2D eigenvalue weighted by Gasteiger charge is 2.39. The van der Waals surface area contributed by atoms with Crippen LogP contribution in [-0.2, 0) is 10.2 Å². The molecule has 1 aliphatic rings. The molecule has 0 aromatic heterocycles. The van der Waals surface area contributed by atoms with Crippen LogP contribution in [0.3, 0.4) is 0 Å². The summed E-state index contributed by atoms with van der Waals surface area (Å²) in [6, 6.07) is 6.30. The Morgan fingerprint density at radius 2 is 1.76 bits per heavy atom. The highest BCUT2D eigenvalue weighted by Crippen LogP contribution is 2.40. The molecule has 0 amide bonds. The van der Waals surface area contributed by atoms with Crippen molar-refractivity contribution in [3.8, 4) is 0 Å². The first-order chi connectivity index (χ1) is 8.19. The second kappa shape index (κ2) is 5.18. The first-order valence-electron chi connectivity index (χ1n) is 6.04. The summed E-state index contributed by atoms with van der Waals surface area (Å²) < 4.78 is 13.0. The van der Waals surface area contributed by atoms with Crippen LogP contribution in [-0.4, -0.2) is 11.7 Å². The number of Topliss-reactive ketones (excluding diaryl/α,β-unsaturated/α-hetero) is 1. The summed E-state index contributed by atoms with van der Waals surface area (Å²) in [6.07, 6.45) is 4.92. The van der Waals surface area contributed by atoms with Gasteiger partial charge < -0.3 is 0 Å². The van der Waals surface area contributed by atoms with Gasteiger partial charge >= 0.3 is 0 Å². The van der Waals surface area contributed by atoms with E-state index in [1.807, 2.05) is 0 Å². The molecule has 0 N–H and O–H groups in total. The van der Waals surface area contributed by atoms with Gasteiger partial charge in [0.15, 0.2) is 5.78 Å². The number of hydrogen-bond acceptors (Lipinski definition) is 1. The molecule has 3 heteroatoms. The maximum atomic E-state index is 13.0. The van der Waals surface area contributed by atoms with E-state index in [1.165, 1.54) is 18.6 Å². The summed E-state index contributed by atoms with van der Waals surface area (Å²) >= 11 is 5.73. The number of carbonyl (C=O) groups is 1. The van der Waals surface area contributed by atoms with Crippen LogP contribution in [0, 0.1) is 5.82 Å². The highest BCUT2D eigenvalue weighted by molar-refractivity contribution is 6.29. The lowest BCUT2D eigenvalue weighted by molar-refractivity contribution is -0.123. The topological polar surface area (TPSA) is 17.1 Å². The van der Waals surface area contributed by atoms with Crippen LogP contribution >= 0.6 is 11.6 Å². The van der Waals surface area contributed by atoms with Crippen LogP contribution in [0.25, 0.3) is 0 Å². The summed E-state index contributed by atoms with van der Waals surface area (Å²) in [5, 5.41) is 0. The van der Waals surface area contributed by atoms with Gasteiger partial charge in [0.25, 0.3) is 0 Å². The fourth-order valence-corrected chi connectivity index (χ4v) is 3.04. The van der Waals surface area contributed by atoms with E-state index in [0.717, 1.165) is 31.2 Å². The fourth-order valence-electron chi connectivity index (χ4n) is 2.78. The lowest BCUT2D eigenvalue weighted by Crippen LogP contribution is -2.38. The maximum Gasteiger partial charge on any atom is 0.158 e. The first kappa shape index (κ1) is 12.6. The van der Waals surface area contributed by atoms with Crippen LogP contribution in [0.15, 0.2) is 24.3 Å². The highest BCUT2D eigenvalue weighted by atomic mass is 35.5. The minimum Gasteiger partial charge on any atom is -0.297 e. The van der Waals surface area contributed by atoms with Gasteiger partial charge in [-0.1, -0.05) is 31.4 Å². The monoisotopic (exact) mass is 254 g/mol. The van der Waals surface area contributed by atoms with E-state index in [-0.39, 0.29) is 17.5 Å². The Labute approximate surface area is 106 Å². The summed E-state index contributed by atoms with van der Waals surface area (Å²) in [6.45, 7) is 0. The number of ketones is 1. The van der Waals surface area contributed by atoms with Gasteiger partial charge in [-0.3, -0.25) is 4.79 Å². The fraction of sp³-hybridized carbons (Fsp3) is 0.500. The number of benzene rings is 1. The molecule has 1 saturated carbocycles. The molecular formula is C14H16ClFO. The minimum atomic E-state index is -0.465. The molecule has 1 aromatic rings. The van der Waals surface area contributed by atoms with Crippen LogP contribution in [0.2, 0.25) is 0 Å². The van der Waals surface area contributed by atoms with Crippen molar-refractivity contribution >= 4 is 17.4 Å². The van der Waals surface area contributed by atoms with Crippen molar-refractivity contribution in [2.75, 3.05) is 5.88 Å². The second-order valence-electron chi connectivity index (χ2n) is 4.71. The van der Waals surface area contributed by atoms with Gasteiger partial charge in [0.1, 0.15) is 5.82 Å². The van der Waals surface area contributed by atoms with Crippen molar-refractivity contribution < 1.29 is 9.18 Å². The Bertz CT molecular complexity index is 393. The molecule has 0 unspecified atom stereocenters. The van der Waals surface area contributed by atoms with E-state index in [0.29, 0.717) is 0 Å². The Kier molecular flexibility index (Phi) is 3.82. The van der Waals surface area contributed by atoms with Crippen LogP contribution in [0.5, 0.6) is 0 Å². The van der Waals surface area contributed by atoms with Crippen LogP contribution in [0.1, 0.15) is 37.7 Å². The van der Waals surface area contributed by atoms with Crippen molar-refractivity contribution in [2.45, 2.75) is 37.5 Å². The zero-order valence-corrected chi connectivity index (χ0v) is 10.5. The third-order valence-corrected chi connectivity index (χ3v) is 4.00. The number of carbonyl (C=O) groups excluding carboxylic acids is 1. The normalized spacial score (nSPS) is 18.9. The van der Waals surface area contributed by atoms with Gasteiger partial charge in [-0.05, 0) is 30.5 Å². The zero-order valence-electron chi connectivity index (χ0n) is 9.72. The summed E-state index contributed by atoms with van der Waals surface area (Å²) in [5.74, 6) is -0.152. The van der Waals surface area contributed by atoms with Crippen molar-refractivity contribution in [3.05, 3.63) is 35.6 Å². The molecule has 2 rings (SSSR count). The van der Waals surface area contributed by atoms with Gasteiger partial charge in [0, 0.05) is 0 Å². The Balaban J connectivity index is 2.38. The third-order valence-electron chi connectivity index (χ3n) is 3.76. The van der Waals surface area contributed by atoms with Crippen molar-refractivity contribution in [2.24, 2.45) is 0 Å². The Hall–Kier alpha value is -0.890. The van der Waals surface area contributed by atoms with Gasteiger partial charge in [-0.25, -0.2) is 4.39 Å². The minimum absolute atomic E-state index is 0.0391. The predicted octanol–water partition coefficient (Wildman–Crippen LogP) is 3.84. The van der Waals surface area contributed by atoms with Crippen molar-refractivity contribution in [1.29, 1.82) is 0 Å². The lowest BCUT2D eigenvalue weighted by Gasteiger charge is -2.36. The van der Waals surface area contributed by atoms with Crippen LogP contribution < -0.4 is 0 Å². The smallest absolute Gasteiger partial charge is 0.158 e. The molecule has 0 heterocycles. The molecule has 92 valence electrons. The molecule has 0 radical (unpaired) electrons. The quantitative estimate of drug-likeness (QED) is 0.749. The van der Waals surface area contributed by atoms with E-state index in [2.05, 4.69) is 0 Å². The van der Waals surface area contributed by atoms with E-state index >= 15 is 0 Å². The molecular weight excluding hydrogens is 239 g/mol. The van der Waals surface area contributed by atoms with E-state index in [4.69, 9.17) is 11.6 Å². The number of hydrogen-bond donors (Lipinski definition) is 0. The molecule has 17 heavy (non-hydrogen) atoms. The molecule has 0 atom stereocenters. The van der Waals surface area contributed by atoms with Gasteiger partial charge in [-0.15, -0.1) is 11.6 Å². The largest absolute Gasteiger partial charge is 0.297 e. The molecule has 0 aliphatic heterocycles. The lowest BCUT2D eigenvalue weighted by atomic mass is 9.67. The van der Waals surface area contributed by atoms with Gasteiger partial charge in [0.2, 0.25) is 0 Å². The summed E-state index contributed by atoms with van der Waals surface area (Å²) in [7, 11) is 0. The van der Waals surface area contributed by atoms with E-state index < -0.39 is 5.41 Å². The number of halogens is 2. The van der Waals surface area contributed by atoms with Gasteiger partial charge in [-0.2, -0.15) is 0 Å². The maximum absolute atomic E-state index is 13.0. The Morgan fingerprint density at radius 1 is 1.18 bits per heavy atom. The molecule has 1 nitrogen and oxygen atoms in total. The number of alkyl halides is 1. The average molecular weight is 255 g/mol. The average Bonchev–Trinajstić information content (AvgIpc) is 2.39. The van der Waals surface area contributed by atoms with Crippen molar-refractivity contribution in [3.63, 3.8) is 0 Å². The van der Waals surface area contributed by atoms with Gasteiger partial charge in [0.05, 0.1) is 11.3 Å². The molecule has 1 fully saturated rings. The van der Waals surface area contributed by atoms with E-state index in [9.17, 15) is 9.18 Å².